The van der Waals surface area contributed by atoms with Gasteiger partial charge in [0.15, 0.2) is 0 Å². The van der Waals surface area contributed by atoms with Crippen molar-refractivity contribution in [3.63, 3.8) is 0 Å². The first kappa shape index (κ1) is 16.3. The van der Waals surface area contributed by atoms with E-state index in [1.807, 2.05) is 0 Å². The Balaban J connectivity index is 2.32. The average molecular weight is 322 g/mol. The highest BCUT2D eigenvalue weighted by Crippen LogP contribution is 2.34. The van der Waals surface area contributed by atoms with Crippen molar-refractivity contribution in [3.05, 3.63) is 29.8 Å². The molecule has 0 heterocycles. The molecule has 1 fully saturated rings. The molecule has 1 aromatic carbocycles. The fraction of sp³-hybridized carbons (Fsp3) is 0.538. The van der Waals surface area contributed by atoms with E-state index in [0.717, 1.165) is 31.0 Å². The summed E-state index contributed by atoms with van der Waals surface area (Å²) in [6.45, 7) is 0. The molecule has 2 rings (SSSR count). The van der Waals surface area contributed by atoms with Crippen LogP contribution in [0.15, 0.2) is 29.2 Å². The lowest BCUT2D eigenvalue weighted by atomic mass is 9.92. The predicted molar refractivity (Wildman–Crippen MR) is 72.0 cm³/mol. The van der Waals surface area contributed by atoms with Crippen molar-refractivity contribution in [2.45, 2.75) is 48.8 Å². The second-order valence-corrected chi connectivity index (χ2v) is 6.85. The van der Waals surface area contributed by atoms with E-state index in [1.165, 1.54) is 6.07 Å². The Morgan fingerprint density at radius 2 is 1.76 bits per heavy atom. The van der Waals surface area contributed by atoms with E-state index >= 15 is 0 Å². The van der Waals surface area contributed by atoms with Crippen LogP contribution in [-0.2, 0) is 16.2 Å². The Bertz CT molecular complexity index is 602. The number of alkyl halides is 3. The molecule has 1 aliphatic carbocycles. The first-order valence-corrected chi connectivity index (χ1v) is 8.14. The summed E-state index contributed by atoms with van der Waals surface area (Å²) >= 11 is 0. The third kappa shape index (κ3) is 3.75. The predicted octanol–water partition coefficient (Wildman–Crippen LogP) is 2.25. The van der Waals surface area contributed by atoms with Crippen LogP contribution in [0.5, 0.6) is 0 Å². The average Bonchev–Trinajstić information content (AvgIpc) is 2.40. The highest BCUT2D eigenvalue weighted by atomic mass is 32.2. The third-order valence-electron chi connectivity index (χ3n) is 3.61. The smallest absolute Gasteiger partial charge is 0.326 e. The fourth-order valence-electron chi connectivity index (χ4n) is 2.50. The van der Waals surface area contributed by atoms with Crippen LogP contribution in [0.3, 0.4) is 0 Å². The maximum absolute atomic E-state index is 12.9. The molecule has 1 saturated carbocycles. The third-order valence-corrected chi connectivity index (χ3v) is 5.16. The van der Waals surface area contributed by atoms with Gasteiger partial charge in [-0.25, -0.2) is 13.1 Å². The molecule has 0 saturated heterocycles. The van der Waals surface area contributed by atoms with Crippen molar-refractivity contribution in [3.8, 4) is 0 Å². The number of hydrogen-bond donors (Lipinski definition) is 2. The Labute approximate surface area is 121 Å². The number of rotatable bonds is 3. The Morgan fingerprint density at radius 1 is 1.14 bits per heavy atom. The minimum absolute atomic E-state index is 0.369. The van der Waals surface area contributed by atoms with Crippen LogP contribution in [0.1, 0.15) is 31.2 Å². The fourth-order valence-corrected chi connectivity index (χ4v) is 4.05. The first-order valence-electron chi connectivity index (χ1n) is 6.66. The minimum atomic E-state index is -4.72. The van der Waals surface area contributed by atoms with Gasteiger partial charge in [0.05, 0.1) is 10.5 Å². The maximum atomic E-state index is 12.9. The van der Waals surface area contributed by atoms with Gasteiger partial charge in [-0.1, -0.05) is 25.0 Å². The van der Waals surface area contributed by atoms with Gasteiger partial charge in [-0.2, -0.15) is 13.2 Å². The standard InChI is InChI=1S/C13H17F3N2O2S/c14-13(15,16)9-5-1-4-8-12(9)21(19,20)18-11-7-3-2-6-10(11)17/h1,4-5,8,10-11,18H,2-3,6-7,17H2. The molecule has 8 heteroatoms. The summed E-state index contributed by atoms with van der Waals surface area (Å²) in [5, 5.41) is 0. The molecule has 0 aliphatic heterocycles. The molecule has 2 atom stereocenters. The van der Waals surface area contributed by atoms with Gasteiger partial charge >= 0.3 is 6.18 Å². The molecule has 3 N–H and O–H groups in total. The molecular weight excluding hydrogens is 305 g/mol. The lowest BCUT2D eigenvalue weighted by Crippen LogP contribution is -2.49. The summed E-state index contributed by atoms with van der Waals surface area (Å²) in [7, 11) is -4.26. The van der Waals surface area contributed by atoms with Gasteiger partial charge in [0, 0.05) is 12.1 Å². The Morgan fingerprint density at radius 3 is 2.38 bits per heavy atom. The molecule has 0 amide bonds. The van der Waals surface area contributed by atoms with Crippen LogP contribution in [0, 0.1) is 0 Å². The molecule has 2 unspecified atom stereocenters. The molecule has 118 valence electrons. The summed E-state index contributed by atoms with van der Waals surface area (Å²) < 4.78 is 65.6. The van der Waals surface area contributed by atoms with Gasteiger partial charge < -0.3 is 5.73 Å². The lowest BCUT2D eigenvalue weighted by Gasteiger charge is -2.29. The SMILES string of the molecule is NC1CCCCC1NS(=O)(=O)c1ccccc1C(F)(F)F. The molecule has 1 aliphatic rings. The van der Waals surface area contributed by atoms with E-state index in [9.17, 15) is 21.6 Å². The largest absolute Gasteiger partial charge is 0.417 e. The summed E-state index contributed by atoms with van der Waals surface area (Å²) in [6.07, 6.45) is -1.82. The quantitative estimate of drug-likeness (QED) is 0.896. The van der Waals surface area contributed by atoms with Crippen LogP contribution in [0.2, 0.25) is 0 Å². The molecule has 0 bridgehead atoms. The summed E-state index contributed by atoms with van der Waals surface area (Å²) in [5.74, 6) is 0. The summed E-state index contributed by atoms with van der Waals surface area (Å²) in [5.41, 5.74) is 4.67. The van der Waals surface area contributed by atoms with Crippen LogP contribution < -0.4 is 10.5 Å². The van der Waals surface area contributed by atoms with Crippen LogP contribution in [-0.4, -0.2) is 20.5 Å². The number of benzene rings is 1. The molecule has 21 heavy (non-hydrogen) atoms. The van der Waals surface area contributed by atoms with E-state index in [0.29, 0.717) is 12.8 Å². The number of halogens is 3. The van der Waals surface area contributed by atoms with Gasteiger partial charge in [0.2, 0.25) is 10.0 Å². The summed E-state index contributed by atoms with van der Waals surface area (Å²) in [4.78, 5) is -0.754. The number of hydrogen-bond acceptors (Lipinski definition) is 3. The second kappa shape index (κ2) is 5.94. The van der Waals surface area contributed by atoms with Crippen molar-refractivity contribution in [2.24, 2.45) is 5.73 Å². The summed E-state index contributed by atoms with van der Waals surface area (Å²) in [6, 6.07) is 3.25. The Hall–Kier alpha value is -1.12. The zero-order chi connectivity index (χ0) is 15.7. The van der Waals surface area contributed by atoms with E-state index in [1.54, 1.807) is 0 Å². The normalized spacial score (nSPS) is 24.0. The molecule has 0 aromatic heterocycles. The molecule has 1 aromatic rings. The van der Waals surface area contributed by atoms with E-state index in [4.69, 9.17) is 5.73 Å². The number of sulfonamides is 1. The van der Waals surface area contributed by atoms with E-state index in [2.05, 4.69) is 4.72 Å². The van der Waals surface area contributed by atoms with Crippen LogP contribution >= 0.6 is 0 Å². The monoisotopic (exact) mass is 322 g/mol. The van der Waals surface area contributed by atoms with Gasteiger partial charge in [0.25, 0.3) is 0 Å². The van der Waals surface area contributed by atoms with Gasteiger partial charge in [-0.3, -0.25) is 0 Å². The zero-order valence-corrected chi connectivity index (χ0v) is 12.0. The maximum Gasteiger partial charge on any atom is 0.417 e. The van der Waals surface area contributed by atoms with E-state index in [-0.39, 0.29) is 6.04 Å². The van der Waals surface area contributed by atoms with Crippen LogP contribution in [0.4, 0.5) is 13.2 Å². The second-order valence-electron chi connectivity index (χ2n) is 5.17. The van der Waals surface area contributed by atoms with Crippen molar-refractivity contribution in [1.29, 1.82) is 0 Å². The number of nitrogens with two attached hydrogens (primary N) is 1. The van der Waals surface area contributed by atoms with E-state index < -0.39 is 32.7 Å². The van der Waals surface area contributed by atoms with Crippen molar-refractivity contribution in [1.82, 2.24) is 4.72 Å². The highest BCUT2D eigenvalue weighted by Gasteiger charge is 2.38. The van der Waals surface area contributed by atoms with Gasteiger partial charge in [0.1, 0.15) is 0 Å². The minimum Gasteiger partial charge on any atom is -0.326 e. The lowest BCUT2D eigenvalue weighted by molar-refractivity contribution is -0.139. The van der Waals surface area contributed by atoms with Gasteiger partial charge in [-0.15, -0.1) is 0 Å². The van der Waals surface area contributed by atoms with Crippen molar-refractivity contribution in [2.75, 3.05) is 0 Å². The first-order chi connectivity index (χ1) is 9.72. The zero-order valence-electron chi connectivity index (χ0n) is 11.2. The van der Waals surface area contributed by atoms with Crippen molar-refractivity contribution < 1.29 is 21.6 Å². The molecule has 4 nitrogen and oxygen atoms in total. The molecular formula is C13H17F3N2O2S. The molecule has 0 spiro atoms. The van der Waals surface area contributed by atoms with Crippen molar-refractivity contribution >= 4 is 10.0 Å². The highest BCUT2D eigenvalue weighted by molar-refractivity contribution is 7.89. The number of nitrogens with one attached hydrogen (secondary N) is 1. The topological polar surface area (TPSA) is 72.2 Å². The van der Waals surface area contributed by atoms with Crippen LogP contribution in [0.25, 0.3) is 0 Å². The Kier molecular flexibility index (Phi) is 4.60. The molecule has 0 radical (unpaired) electrons. The van der Waals surface area contributed by atoms with Gasteiger partial charge in [-0.05, 0) is 25.0 Å².